The lowest BCUT2D eigenvalue weighted by molar-refractivity contribution is -0.171. The molecule has 0 saturated carbocycles. The van der Waals surface area contributed by atoms with Crippen molar-refractivity contribution in [3.8, 4) is 0 Å². The Balaban J connectivity index is 5.52. The molecule has 0 spiro atoms. The van der Waals surface area contributed by atoms with Crippen LogP contribution in [0.4, 0.5) is 0 Å². The fourth-order valence-electron chi connectivity index (χ4n) is 1.89. The Morgan fingerprint density at radius 2 is 1.38 bits per heavy atom. The molecule has 9 nitrogen and oxygen atoms in total. The first kappa shape index (κ1) is 25.2. The van der Waals surface area contributed by atoms with Crippen LogP contribution in [-0.2, 0) is 33.4 Å². The smallest absolute Gasteiger partial charge is 0.355 e. The molecule has 0 aromatic heterocycles. The Labute approximate surface area is 167 Å². The van der Waals surface area contributed by atoms with Crippen molar-refractivity contribution in [1.82, 2.24) is 0 Å². The van der Waals surface area contributed by atoms with Crippen molar-refractivity contribution in [3.05, 3.63) is 60.8 Å². The van der Waals surface area contributed by atoms with Crippen LogP contribution in [0.5, 0.6) is 0 Å². The molecule has 29 heavy (non-hydrogen) atoms. The van der Waals surface area contributed by atoms with Gasteiger partial charge in [-0.3, -0.25) is 0 Å². The van der Waals surface area contributed by atoms with Gasteiger partial charge in [-0.1, -0.05) is 24.3 Å². The SMILES string of the molecule is C=CC/C(=C/C(=O)O)C(=O)OC(=O)C(CC=CC)OC(=O)/C(=C\C(=O)O)CC=C. The number of carboxylic acid groups (broad SMARTS) is 2. The van der Waals surface area contributed by atoms with Gasteiger partial charge in [0.25, 0.3) is 0 Å². The Kier molecular flexibility index (Phi) is 11.7. The van der Waals surface area contributed by atoms with Gasteiger partial charge in [-0.2, -0.15) is 0 Å². The van der Waals surface area contributed by atoms with Gasteiger partial charge in [-0.25, -0.2) is 24.0 Å². The topological polar surface area (TPSA) is 144 Å². The van der Waals surface area contributed by atoms with Crippen molar-refractivity contribution in [2.45, 2.75) is 32.3 Å². The minimum atomic E-state index is -1.56. The number of aliphatic carboxylic acids is 2. The Morgan fingerprint density at radius 3 is 1.79 bits per heavy atom. The van der Waals surface area contributed by atoms with E-state index in [1.54, 1.807) is 13.0 Å². The summed E-state index contributed by atoms with van der Waals surface area (Å²) in [7, 11) is 0. The van der Waals surface area contributed by atoms with E-state index in [9.17, 15) is 24.0 Å². The summed E-state index contributed by atoms with van der Waals surface area (Å²) in [5, 5.41) is 17.6. The second-order valence-corrected chi connectivity index (χ2v) is 5.41. The normalized spacial score (nSPS) is 12.7. The van der Waals surface area contributed by atoms with Gasteiger partial charge in [-0.05, 0) is 19.8 Å². The molecule has 0 bridgehead atoms. The molecule has 0 saturated heterocycles. The first-order valence-electron chi connectivity index (χ1n) is 8.33. The summed E-state index contributed by atoms with van der Waals surface area (Å²) in [6.45, 7) is 8.42. The first-order valence-corrected chi connectivity index (χ1v) is 8.33. The van der Waals surface area contributed by atoms with Crippen molar-refractivity contribution in [2.24, 2.45) is 0 Å². The molecule has 0 aromatic carbocycles. The summed E-state index contributed by atoms with van der Waals surface area (Å²) >= 11 is 0. The van der Waals surface area contributed by atoms with E-state index in [0.717, 1.165) is 0 Å². The molecule has 0 rings (SSSR count). The molecule has 9 heteroatoms. The summed E-state index contributed by atoms with van der Waals surface area (Å²) in [4.78, 5) is 58.1. The monoisotopic (exact) mass is 406 g/mol. The van der Waals surface area contributed by atoms with Crippen molar-refractivity contribution in [3.63, 3.8) is 0 Å². The van der Waals surface area contributed by atoms with Crippen LogP contribution in [0.15, 0.2) is 60.8 Å². The number of rotatable bonds is 12. The van der Waals surface area contributed by atoms with Gasteiger partial charge in [0.1, 0.15) is 0 Å². The third-order valence-corrected chi connectivity index (χ3v) is 3.14. The maximum atomic E-state index is 12.3. The molecule has 1 unspecified atom stereocenters. The minimum absolute atomic E-state index is 0.125. The van der Waals surface area contributed by atoms with E-state index in [2.05, 4.69) is 17.9 Å². The van der Waals surface area contributed by atoms with Crippen molar-refractivity contribution in [1.29, 1.82) is 0 Å². The van der Waals surface area contributed by atoms with Crippen LogP contribution < -0.4 is 0 Å². The van der Waals surface area contributed by atoms with Gasteiger partial charge >= 0.3 is 29.8 Å². The minimum Gasteiger partial charge on any atom is -0.478 e. The number of ether oxygens (including phenoxy) is 2. The van der Waals surface area contributed by atoms with E-state index in [0.29, 0.717) is 12.2 Å². The Morgan fingerprint density at radius 1 is 0.897 bits per heavy atom. The van der Waals surface area contributed by atoms with Crippen LogP contribution in [0.2, 0.25) is 0 Å². The van der Waals surface area contributed by atoms with E-state index in [4.69, 9.17) is 14.9 Å². The molecule has 0 aliphatic carbocycles. The molecular weight excluding hydrogens is 384 g/mol. The van der Waals surface area contributed by atoms with Gasteiger partial charge in [0, 0.05) is 29.7 Å². The van der Waals surface area contributed by atoms with Crippen LogP contribution in [0, 0.1) is 0 Å². The van der Waals surface area contributed by atoms with Gasteiger partial charge in [0.2, 0.25) is 6.10 Å². The van der Waals surface area contributed by atoms with Crippen LogP contribution in [0.1, 0.15) is 26.2 Å². The van der Waals surface area contributed by atoms with Crippen LogP contribution >= 0.6 is 0 Å². The predicted molar refractivity (Wildman–Crippen MR) is 101 cm³/mol. The fourth-order valence-corrected chi connectivity index (χ4v) is 1.89. The van der Waals surface area contributed by atoms with Gasteiger partial charge < -0.3 is 19.7 Å². The quantitative estimate of drug-likeness (QED) is 0.215. The molecule has 0 radical (unpaired) electrons. The number of hydrogen-bond donors (Lipinski definition) is 2. The number of esters is 3. The highest BCUT2D eigenvalue weighted by molar-refractivity contribution is 6.02. The fraction of sp³-hybridized carbons (Fsp3) is 0.250. The van der Waals surface area contributed by atoms with Crippen LogP contribution in [-0.4, -0.2) is 46.2 Å². The van der Waals surface area contributed by atoms with Gasteiger partial charge in [0.05, 0.1) is 0 Å². The average molecular weight is 406 g/mol. The molecule has 0 aromatic rings. The highest BCUT2D eigenvalue weighted by atomic mass is 16.6. The number of allylic oxidation sites excluding steroid dienone is 3. The van der Waals surface area contributed by atoms with Crippen molar-refractivity contribution >= 4 is 29.8 Å². The molecule has 156 valence electrons. The van der Waals surface area contributed by atoms with Gasteiger partial charge in [-0.15, -0.1) is 13.2 Å². The summed E-state index contributed by atoms with van der Waals surface area (Å²) in [6, 6.07) is 0. The third kappa shape index (κ3) is 10.2. The largest absolute Gasteiger partial charge is 0.478 e. The van der Waals surface area contributed by atoms with Crippen LogP contribution in [0.3, 0.4) is 0 Å². The van der Waals surface area contributed by atoms with E-state index < -0.39 is 36.0 Å². The van der Waals surface area contributed by atoms with Crippen molar-refractivity contribution < 1.29 is 43.7 Å². The summed E-state index contributed by atoms with van der Waals surface area (Å²) in [5.41, 5.74) is -0.606. The lowest BCUT2D eigenvalue weighted by atomic mass is 10.1. The lowest BCUT2D eigenvalue weighted by Crippen LogP contribution is -2.31. The number of carbonyl (C=O) groups is 5. The number of carboxylic acids is 2. The first-order chi connectivity index (χ1) is 13.7. The Bertz CT molecular complexity index is 769. The van der Waals surface area contributed by atoms with Gasteiger partial charge in [0.15, 0.2) is 0 Å². The number of carbonyl (C=O) groups excluding carboxylic acids is 3. The highest BCUT2D eigenvalue weighted by Gasteiger charge is 2.28. The molecule has 0 fully saturated rings. The zero-order valence-corrected chi connectivity index (χ0v) is 15.8. The lowest BCUT2D eigenvalue weighted by Gasteiger charge is -2.16. The molecule has 1 atom stereocenters. The molecule has 0 heterocycles. The van der Waals surface area contributed by atoms with E-state index in [-0.39, 0.29) is 30.4 Å². The standard InChI is InChI=1S/C20H22O9/c1-4-7-10-15(28-18(25)13(8-5-2)11-16(21)22)20(27)29-19(26)14(9-6-3)12-17(23)24/h4-7,11-12,15H,2-3,8-10H2,1H3,(H,21,22)(H,23,24)/b7-4?,13-11-,14-12-. The predicted octanol–water partition coefficient (Wildman–Crippen LogP) is 2.11. The molecule has 0 aliphatic heterocycles. The van der Waals surface area contributed by atoms with E-state index in [1.807, 2.05) is 0 Å². The molecule has 2 N–H and O–H groups in total. The molecule has 0 aliphatic rings. The number of hydrogen-bond acceptors (Lipinski definition) is 7. The second-order valence-electron chi connectivity index (χ2n) is 5.41. The zero-order chi connectivity index (χ0) is 22.4. The molecular formula is C20H22O9. The van der Waals surface area contributed by atoms with Crippen LogP contribution in [0.25, 0.3) is 0 Å². The van der Waals surface area contributed by atoms with E-state index >= 15 is 0 Å². The second kappa shape index (κ2) is 13.4. The molecule has 0 amide bonds. The highest BCUT2D eigenvalue weighted by Crippen LogP contribution is 2.13. The maximum absolute atomic E-state index is 12.3. The third-order valence-electron chi connectivity index (χ3n) is 3.14. The summed E-state index contributed by atoms with van der Waals surface area (Å²) in [6.07, 6.45) is 4.74. The summed E-state index contributed by atoms with van der Waals surface area (Å²) in [5.74, 6) is -6.38. The maximum Gasteiger partial charge on any atom is 0.355 e. The van der Waals surface area contributed by atoms with E-state index in [1.165, 1.54) is 18.2 Å². The zero-order valence-electron chi connectivity index (χ0n) is 15.8. The Hall–Kier alpha value is -3.75. The van der Waals surface area contributed by atoms with Crippen molar-refractivity contribution in [2.75, 3.05) is 0 Å². The summed E-state index contributed by atoms with van der Waals surface area (Å²) < 4.78 is 9.62. The average Bonchev–Trinajstić information content (AvgIpc) is 2.63.